The van der Waals surface area contributed by atoms with Crippen LogP contribution < -0.4 is 0 Å². The van der Waals surface area contributed by atoms with Crippen molar-refractivity contribution in [1.82, 2.24) is 0 Å². The largest absolute Gasteiger partial charge is 0.526 e. The second kappa shape index (κ2) is 3.74. The van der Waals surface area contributed by atoms with Crippen LogP contribution in [0.1, 0.15) is 6.92 Å². The molecule has 0 atom stereocenters. The van der Waals surface area contributed by atoms with E-state index in [4.69, 9.17) is 20.1 Å². The maximum Gasteiger partial charge on any atom is 0.526 e. The van der Waals surface area contributed by atoms with Gasteiger partial charge in [-0.05, 0) is 12.2 Å². The van der Waals surface area contributed by atoms with Gasteiger partial charge in [0.1, 0.15) is 5.78 Å². The number of ketones is 1. The minimum atomic E-state index is -1.63. The third-order valence-corrected chi connectivity index (χ3v) is 2.25. The number of hydrogen-bond donors (Lipinski definition) is 0. The molecule has 0 bridgehead atoms. The van der Waals surface area contributed by atoms with E-state index < -0.39 is 12.3 Å². The highest BCUT2D eigenvalue weighted by Crippen LogP contribution is 2.01. The van der Waals surface area contributed by atoms with Crippen molar-refractivity contribution in [2.45, 2.75) is 12.2 Å². The molecular formula is C3H5AlCl2O. The molecule has 0 aliphatic rings. The first-order chi connectivity index (χ1) is 3.13. The fourth-order valence-corrected chi connectivity index (χ4v) is 1.96. The molecule has 7 heavy (non-hydrogen) atoms. The number of halogens is 2. The molecule has 0 heterocycles. The summed E-state index contributed by atoms with van der Waals surface area (Å²) in [4.78, 5) is 10.1. The highest BCUT2D eigenvalue weighted by atomic mass is 35.7. The van der Waals surface area contributed by atoms with E-state index in [1.165, 1.54) is 6.92 Å². The summed E-state index contributed by atoms with van der Waals surface area (Å²) in [5.74, 6) is 0.0849. The van der Waals surface area contributed by atoms with Crippen LogP contribution in [0.3, 0.4) is 0 Å². The molecule has 1 nitrogen and oxygen atoms in total. The Bertz CT molecular complexity index is 73.3. The molecule has 0 aliphatic heterocycles. The number of rotatable bonds is 2. The van der Waals surface area contributed by atoms with E-state index in [-0.39, 0.29) is 5.78 Å². The van der Waals surface area contributed by atoms with Crippen molar-refractivity contribution in [2.75, 3.05) is 0 Å². The van der Waals surface area contributed by atoms with Crippen molar-refractivity contribution < 1.29 is 4.79 Å². The third kappa shape index (κ3) is 6.78. The van der Waals surface area contributed by atoms with Gasteiger partial charge in [0.05, 0.1) is 0 Å². The van der Waals surface area contributed by atoms with Crippen molar-refractivity contribution in [3.63, 3.8) is 0 Å². The Labute approximate surface area is 55.4 Å². The topological polar surface area (TPSA) is 17.1 Å². The molecule has 0 fully saturated rings. The second-order valence-electron chi connectivity index (χ2n) is 1.30. The predicted molar refractivity (Wildman–Crippen MR) is 32.9 cm³/mol. The Kier molecular flexibility index (Phi) is 4.16. The average Bonchev–Trinajstić information content (AvgIpc) is 1.27. The third-order valence-electron chi connectivity index (χ3n) is 0.442. The lowest BCUT2D eigenvalue weighted by Crippen LogP contribution is -1.99. The van der Waals surface area contributed by atoms with Crippen LogP contribution in [0, 0.1) is 0 Å². The molecule has 0 aromatic carbocycles. The lowest BCUT2D eigenvalue weighted by molar-refractivity contribution is -0.114. The van der Waals surface area contributed by atoms with Gasteiger partial charge in [-0.25, -0.2) is 20.1 Å². The summed E-state index contributed by atoms with van der Waals surface area (Å²) in [5.41, 5.74) is 0. The minimum Gasteiger partial charge on any atom is -0.301 e. The number of carbonyl (C=O) groups excluding carboxylic acids is 1. The van der Waals surface area contributed by atoms with Gasteiger partial charge in [0.25, 0.3) is 0 Å². The van der Waals surface area contributed by atoms with E-state index in [2.05, 4.69) is 0 Å². The molecule has 0 saturated heterocycles. The van der Waals surface area contributed by atoms with Crippen molar-refractivity contribution >= 4 is 38.2 Å². The Hall–Kier alpha value is 0.782. The SMILES string of the molecule is CC(=O)[CH2][Al]([Cl])[Cl]. The van der Waals surface area contributed by atoms with Crippen LogP contribution in [0.5, 0.6) is 0 Å². The molecule has 40 valence electrons. The van der Waals surface area contributed by atoms with E-state index in [1.807, 2.05) is 0 Å². The molecule has 0 rings (SSSR count). The average molecular weight is 155 g/mol. The Balaban J connectivity index is 3.13. The van der Waals surface area contributed by atoms with Gasteiger partial charge in [0.2, 0.25) is 0 Å². The first kappa shape index (κ1) is 7.78. The van der Waals surface area contributed by atoms with Gasteiger partial charge >= 0.3 is 12.3 Å². The van der Waals surface area contributed by atoms with E-state index >= 15 is 0 Å². The molecule has 0 spiro atoms. The molecule has 0 unspecified atom stereocenters. The summed E-state index contributed by atoms with van der Waals surface area (Å²) >= 11 is -1.63. The van der Waals surface area contributed by atoms with Crippen LogP contribution in [0.4, 0.5) is 0 Å². The van der Waals surface area contributed by atoms with Crippen LogP contribution in [0.15, 0.2) is 0 Å². The number of carbonyl (C=O) groups is 1. The van der Waals surface area contributed by atoms with E-state index in [0.29, 0.717) is 5.28 Å². The smallest absolute Gasteiger partial charge is 0.301 e. The van der Waals surface area contributed by atoms with Gasteiger partial charge in [0, 0.05) is 0 Å². The summed E-state index contributed by atoms with van der Waals surface area (Å²) in [6.45, 7) is 1.49. The lowest BCUT2D eigenvalue weighted by atomic mass is 10.5. The summed E-state index contributed by atoms with van der Waals surface area (Å²) < 4.78 is 0. The van der Waals surface area contributed by atoms with E-state index in [1.54, 1.807) is 0 Å². The predicted octanol–water partition coefficient (Wildman–Crippen LogP) is 1.54. The molecule has 0 saturated carbocycles. The lowest BCUT2D eigenvalue weighted by Gasteiger charge is -1.83. The van der Waals surface area contributed by atoms with Gasteiger partial charge in [-0.3, -0.25) is 0 Å². The summed E-state index contributed by atoms with van der Waals surface area (Å²) in [5, 5.41) is 0.392. The Morgan fingerprint density at radius 3 is 2.14 bits per heavy atom. The molecular weight excluding hydrogens is 150 g/mol. The minimum absolute atomic E-state index is 0.0849. The summed E-state index contributed by atoms with van der Waals surface area (Å²) in [6, 6.07) is 0. The highest BCUT2D eigenvalue weighted by molar-refractivity contribution is 7.34. The van der Waals surface area contributed by atoms with Crippen molar-refractivity contribution in [2.24, 2.45) is 0 Å². The molecule has 4 heteroatoms. The quantitative estimate of drug-likeness (QED) is 0.552. The van der Waals surface area contributed by atoms with Gasteiger partial charge in [-0.2, -0.15) is 0 Å². The second-order valence-corrected chi connectivity index (χ2v) is 6.32. The molecule has 0 aromatic rings. The van der Waals surface area contributed by atoms with E-state index in [9.17, 15) is 4.79 Å². The van der Waals surface area contributed by atoms with Crippen molar-refractivity contribution in [3.05, 3.63) is 0 Å². The zero-order valence-electron chi connectivity index (χ0n) is 3.95. The van der Waals surface area contributed by atoms with Crippen LogP contribution in [0.25, 0.3) is 0 Å². The van der Waals surface area contributed by atoms with Gasteiger partial charge in [-0.1, -0.05) is 0 Å². The number of Topliss-reactive ketones (excluding diaryl/α,β-unsaturated/α-hetero) is 1. The van der Waals surface area contributed by atoms with Crippen molar-refractivity contribution in [1.29, 1.82) is 0 Å². The van der Waals surface area contributed by atoms with Crippen LogP contribution in [0.2, 0.25) is 5.28 Å². The summed E-state index contributed by atoms with van der Waals surface area (Å²) in [6.07, 6.45) is 0. The molecule has 0 aliphatic carbocycles. The molecule has 0 amide bonds. The normalized spacial score (nSPS) is 8.43. The fraction of sp³-hybridized carbons (Fsp3) is 0.667. The molecule has 0 aromatic heterocycles. The van der Waals surface area contributed by atoms with Gasteiger partial charge in [0.15, 0.2) is 0 Å². The Morgan fingerprint density at radius 1 is 1.71 bits per heavy atom. The van der Waals surface area contributed by atoms with Gasteiger partial charge in [-0.15, -0.1) is 0 Å². The highest BCUT2D eigenvalue weighted by Gasteiger charge is 2.12. The fourth-order valence-electron chi connectivity index (χ4n) is 0.217. The standard InChI is InChI=1S/C3H5O.Al.2ClH/c1-3(2)4;;;/h1H2,2H3;;2*1H/q;+2;;/p-2. The van der Waals surface area contributed by atoms with Crippen LogP contribution in [-0.4, -0.2) is 18.1 Å². The number of hydrogen-bond acceptors (Lipinski definition) is 1. The monoisotopic (exact) mass is 154 g/mol. The Morgan fingerprint density at radius 2 is 2.14 bits per heavy atom. The van der Waals surface area contributed by atoms with Gasteiger partial charge < -0.3 is 4.79 Å². The first-order valence-corrected chi connectivity index (χ1v) is 6.21. The molecule has 0 radical (unpaired) electrons. The zero-order valence-corrected chi connectivity index (χ0v) is 6.62. The van der Waals surface area contributed by atoms with E-state index in [0.717, 1.165) is 0 Å². The zero-order chi connectivity index (χ0) is 5.86. The van der Waals surface area contributed by atoms with Crippen LogP contribution in [-0.2, 0) is 4.79 Å². The molecule has 0 N–H and O–H groups in total. The first-order valence-electron chi connectivity index (χ1n) is 1.90. The maximum atomic E-state index is 10.1. The maximum absolute atomic E-state index is 10.1. The summed E-state index contributed by atoms with van der Waals surface area (Å²) in [7, 11) is 10.7. The van der Waals surface area contributed by atoms with Crippen molar-refractivity contribution in [3.8, 4) is 0 Å². The van der Waals surface area contributed by atoms with Crippen LogP contribution >= 0.6 is 20.1 Å².